The van der Waals surface area contributed by atoms with Gasteiger partial charge in [-0.3, -0.25) is 10.1 Å². The summed E-state index contributed by atoms with van der Waals surface area (Å²) in [6.07, 6.45) is 4.81. The summed E-state index contributed by atoms with van der Waals surface area (Å²) in [7, 11) is -3.73. The van der Waals surface area contributed by atoms with Crippen molar-refractivity contribution < 1.29 is 13.3 Å². The topological polar surface area (TPSA) is 89.3 Å². The maximum atomic E-state index is 12.4. The predicted octanol–water partition coefficient (Wildman–Crippen LogP) is 2.50. The van der Waals surface area contributed by atoms with E-state index in [4.69, 9.17) is 0 Å². The van der Waals surface area contributed by atoms with Gasteiger partial charge in [-0.05, 0) is 37.8 Å². The number of nitrogens with zero attached hydrogens (tertiary/aromatic N) is 1. The van der Waals surface area contributed by atoms with Crippen LogP contribution in [0.1, 0.15) is 37.7 Å². The smallest absolute Gasteiger partial charge is 0.241 e. The zero-order chi connectivity index (χ0) is 16.2. The summed E-state index contributed by atoms with van der Waals surface area (Å²) in [5, 5.41) is 10.9. The normalized spacial score (nSPS) is 18.0. The Morgan fingerprint density at radius 3 is 2.36 bits per heavy atom. The second-order valence-corrected chi connectivity index (χ2v) is 7.67. The molecule has 1 saturated carbocycles. The number of nitrogens with one attached hydrogen (secondary N) is 1. The number of benzene rings is 1. The second kappa shape index (κ2) is 7.19. The molecule has 0 aliphatic heterocycles. The first kappa shape index (κ1) is 16.9. The first-order valence-corrected chi connectivity index (χ1v) is 9.07. The minimum absolute atomic E-state index is 0.0411. The fourth-order valence-corrected chi connectivity index (χ4v) is 4.26. The minimum atomic E-state index is -3.73. The molecule has 0 spiro atoms. The molecule has 1 aromatic rings. The Morgan fingerprint density at radius 2 is 1.82 bits per heavy atom. The summed E-state index contributed by atoms with van der Waals surface area (Å²) in [4.78, 5) is 10.6. The van der Waals surface area contributed by atoms with Crippen LogP contribution >= 0.6 is 0 Å². The van der Waals surface area contributed by atoms with Crippen molar-refractivity contribution in [3.8, 4) is 0 Å². The molecule has 0 heterocycles. The molecule has 1 fully saturated rings. The van der Waals surface area contributed by atoms with Crippen molar-refractivity contribution in [1.29, 1.82) is 0 Å². The van der Waals surface area contributed by atoms with Crippen LogP contribution in [0, 0.1) is 23.0 Å². The highest BCUT2D eigenvalue weighted by Gasteiger charge is 2.31. The van der Waals surface area contributed by atoms with Crippen molar-refractivity contribution >= 4 is 10.0 Å². The summed E-state index contributed by atoms with van der Waals surface area (Å²) >= 11 is 0. The van der Waals surface area contributed by atoms with E-state index in [1.165, 1.54) is 12.1 Å². The number of hydrogen-bond acceptors (Lipinski definition) is 4. The standard InChI is InChI=1S/C15H22N2O4S/c1-12-7-9-14(10-8-12)22(20,21)16-15(11-17(18)19)13-5-3-2-4-6-13/h7-10,13,15-16H,2-6,11H2,1H3. The van der Waals surface area contributed by atoms with Crippen LogP contribution in [0.3, 0.4) is 0 Å². The number of nitro groups is 1. The van der Waals surface area contributed by atoms with Crippen LogP contribution in [0.2, 0.25) is 0 Å². The van der Waals surface area contributed by atoms with E-state index in [-0.39, 0.29) is 17.4 Å². The summed E-state index contributed by atoms with van der Waals surface area (Å²) < 4.78 is 27.4. The summed E-state index contributed by atoms with van der Waals surface area (Å²) in [6.45, 7) is 1.51. The molecule has 1 unspecified atom stereocenters. The van der Waals surface area contributed by atoms with Crippen LogP contribution in [0.5, 0.6) is 0 Å². The van der Waals surface area contributed by atoms with Crippen LogP contribution in [0.15, 0.2) is 29.2 Å². The van der Waals surface area contributed by atoms with Crippen LogP contribution < -0.4 is 4.72 Å². The van der Waals surface area contributed by atoms with Gasteiger partial charge in [0.1, 0.15) is 0 Å². The third kappa shape index (κ3) is 4.51. The molecule has 1 N–H and O–H groups in total. The molecule has 0 radical (unpaired) electrons. The molecule has 122 valence electrons. The van der Waals surface area contributed by atoms with E-state index in [0.717, 1.165) is 37.7 Å². The summed E-state index contributed by atoms with van der Waals surface area (Å²) in [5.41, 5.74) is 0.966. The molecule has 22 heavy (non-hydrogen) atoms. The Hall–Kier alpha value is -1.47. The van der Waals surface area contributed by atoms with Gasteiger partial charge in [-0.2, -0.15) is 0 Å². The first-order chi connectivity index (χ1) is 10.4. The molecule has 0 amide bonds. The third-order valence-corrected chi connectivity index (χ3v) is 5.71. The van der Waals surface area contributed by atoms with Crippen LogP contribution in [-0.4, -0.2) is 25.9 Å². The van der Waals surface area contributed by atoms with Crippen molar-refractivity contribution in [1.82, 2.24) is 4.72 Å². The quantitative estimate of drug-likeness (QED) is 0.642. The highest BCUT2D eigenvalue weighted by Crippen LogP contribution is 2.27. The van der Waals surface area contributed by atoms with Crippen LogP contribution in [-0.2, 0) is 10.0 Å². The van der Waals surface area contributed by atoms with Gasteiger partial charge < -0.3 is 0 Å². The molecule has 1 atom stereocenters. The maximum Gasteiger partial charge on any atom is 0.241 e. The van der Waals surface area contributed by atoms with Crippen molar-refractivity contribution in [3.05, 3.63) is 39.9 Å². The average molecular weight is 326 g/mol. The molecule has 1 aliphatic carbocycles. The van der Waals surface area contributed by atoms with Crippen molar-refractivity contribution in [3.63, 3.8) is 0 Å². The monoisotopic (exact) mass is 326 g/mol. The molecule has 0 saturated heterocycles. The van der Waals surface area contributed by atoms with E-state index in [1.807, 2.05) is 6.92 Å². The number of aryl methyl sites for hydroxylation is 1. The summed E-state index contributed by atoms with van der Waals surface area (Å²) in [5.74, 6) is 0.0411. The van der Waals surface area contributed by atoms with Gasteiger partial charge in [0.15, 0.2) is 0 Å². The Kier molecular flexibility index (Phi) is 5.52. The van der Waals surface area contributed by atoms with E-state index in [0.29, 0.717) is 0 Å². The Morgan fingerprint density at radius 1 is 1.23 bits per heavy atom. The Labute approximate surface area is 131 Å². The van der Waals surface area contributed by atoms with Gasteiger partial charge in [-0.1, -0.05) is 37.0 Å². The molecular formula is C15H22N2O4S. The highest BCUT2D eigenvalue weighted by atomic mass is 32.2. The van der Waals surface area contributed by atoms with Gasteiger partial charge in [0, 0.05) is 4.92 Å². The lowest BCUT2D eigenvalue weighted by atomic mass is 9.84. The largest absolute Gasteiger partial charge is 0.264 e. The van der Waals surface area contributed by atoms with Crippen molar-refractivity contribution in [2.75, 3.05) is 6.54 Å². The fraction of sp³-hybridized carbons (Fsp3) is 0.600. The third-order valence-electron chi connectivity index (χ3n) is 4.20. The van der Waals surface area contributed by atoms with E-state index in [2.05, 4.69) is 4.72 Å². The zero-order valence-corrected chi connectivity index (χ0v) is 13.5. The van der Waals surface area contributed by atoms with Gasteiger partial charge in [0.05, 0.1) is 10.9 Å². The molecule has 1 aliphatic rings. The zero-order valence-electron chi connectivity index (χ0n) is 12.7. The van der Waals surface area contributed by atoms with E-state index < -0.39 is 21.0 Å². The van der Waals surface area contributed by atoms with E-state index >= 15 is 0 Å². The Balaban J connectivity index is 2.17. The van der Waals surface area contributed by atoms with Crippen LogP contribution in [0.4, 0.5) is 0 Å². The minimum Gasteiger partial charge on any atom is -0.264 e. The van der Waals surface area contributed by atoms with Crippen LogP contribution in [0.25, 0.3) is 0 Å². The van der Waals surface area contributed by atoms with E-state index in [9.17, 15) is 18.5 Å². The Bertz CT molecular complexity index is 607. The maximum absolute atomic E-state index is 12.4. The summed E-state index contributed by atoms with van der Waals surface area (Å²) in [6, 6.07) is 5.86. The highest BCUT2D eigenvalue weighted by molar-refractivity contribution is 7.89. The molecule has 2 rings (SSSR count). The van der Waals surface area contributed by atoms with Gasteiger partial charge in [-0.15, -0.1) is 0 Å². The molecule has 0 bridgehead atoms. The van der Waals surface area contributed by atoms with Crippen molar-refractivity contribution in [2.24, 2.45) is 5.92 Å². The molecule has 6 nitrogen and oxygen atoms in total. The SMILES string of the molecule is Cc1ccc(S(=O)(=O)NC(C[N+](=O)[O-])C2CCCCC2)cc1. The fourth-order valence-electron chi connectivity index (χ4n) is 2.96. The molecule has 0 aromatic heterocycles. The lowest BCUT2D eigenvalue weighted by Crippen LogP contribution is -2.45. The number of sulfonamides is 1. The lowest BCUT2D eigenvalue weighted by Gasteiger charge is -2.28. The molecular weight excluding hydrogens is 304 g/mol. The average Bonchev–Trinajstić information content (AvgIpc) is 2.47. The molecule has 7 heteroatoms. The number of rotatable bonds is 6. The van der Waals surface area contributed by atoms with Gasteiger partial charge in [-0.25, -0.2) is 13.1 Å². The van der Waals surface area contributed by atoms with Gasteiger partial charge in [0.25, 0.3) is 0 Å². The first-order valence-electron chi connectivity index (χ1n) is 7.59. The van der Waals surface area contributed by atoms with Gasteiger partial charge >= 0.3 is 0 Å². The van der Waals surface area contributed by atoms with E-state index in [1.54, 1.807) is 12.1 Å². The van der Waals surface area contributed by atoms with Gasteiger partial charge in [0.2, 0.25) is 16.6 Å². The lowest BCUT2D eigenvalue weighted by molar-refractivity contribution is -0.484. The molecule has 1 aromatic carbocycles. The van der Waals surface area contributed by atoms with Crippen molar-refractivity contribution in [2.45, 2.75) is 50.0 Å². The second-order valence-electron chi connectivity index (χ2n) is 5.95. The predicted molar refractivity (Wildman–Crippen MR) is 83.7 cm³/mol. The number of hydrogen-bond donors (Lipinski definition) is 1.